The van der Waals surface area contributed by atoms with Gasteiger partial charge in [0.1, 0.15) is 0 Å². The fraction of sp³-hybridized carbons (Fsp3) is 0.100. The van der Waals surface area contributed by atoms with Crippen molar-refractivity contribution in [2.24, 2.45) is 11.8 Å². The molecule has 0 aromatic heterocycles. The molecular weight excluding hydrogens is 622 g/mol. The Morgan fingerprint density at radius 2 is 0.796 bits per heavy atom. The normalized spacial score (nSPS) is 25.4. The van der Waals surface area contributed by atoms with Gasteiger partial charge in [-0.3, -0.25) is 9.59 Å². The van der Waals surface area contributed by atoms with Gasteiger partial charge in [-0.15, -0.1) is 0 Å². The number of fused-ring (bicyclic) bond motifs is 2. The number of carbonyl (C=O) groups excluding carboxylic acids is 6. The smallest absolute Gasteiger partial charge is 0.346 e. The topological polar surface area (TPSA) is 124 Å². The van der Waals surface area contributed by atoms with E-state index in [0.717, 1.165) is 22.3 Å². The van der Waals surface area contributed by atoms with Crippen molar-refractivity contribution in [3.05, 3.63) is 171 Å². The van der Waals surface area contributed by atoms with E-state index in [4.69, 9.17) is 9.47 Å². The molecule has 9 heteroatoms. The minimum atomic E-state index is -1.29. The maximum absolute atomic E-state index is 15.2. The highest BCUT2D eigenvalue weighted by Gasteiger charge is 2.74. The first kappa shape index (κ1) is 27.6. The molecule has 3 aliphatic heterocycles. The lowest BCUT2D eigenvalue weighted by Crippen LogP contribution is -2.62. The standard InChI is InChI=1S/C40H21NO8/c42-33-31-32(34(43)41(33)22-8-2-1-3-9-22)40(21-15-17-24-26(19-21)38(47)49-36(24)45)28-11-5-4-10-27(28)39(31,29-12-6-7-13-30(29)40)20-14-16-23-25(18-20)37(46)48-35(23)44/h1-19,31-32H. The highest BCUT2D eigenvalue weighted by atomic mass is 16.6. The van der Waals surface area contributed by atoms with Crippen LogP contribution in [0.5, 0.6) is 0 Å². The summed E-state index contributed by atoms with van der Waals surface area (Å²) in [6.07, 6.45) is 0. The van der Waals surface area contributed by atoms with Crippen LogP contribution in [0.25, 0.3) is 0 Å². The molecule has 6 aliphatic rings. The molecule has 2 unspecified atom stereocenters. The van der Waals surface area contributed by atoms with Gasteiger partial charge in [0, 0.05) is 0 Å². The summed E-state index contributed by atoms with van der Waals surface area (Å²) in [5.74, 6) is -5.96. The van der Waals surface area contributed by atoms with Crippen LogP contribution in [0, 0.1) is 11.8 Å². The zero-order valence-electron chi connectivity index (χ0n) is 25.3. The number of nitrogens with zero attached hydrogens (tertiary/aromatic N) is 1. The molecule has 2 amide bonds. The van der Waals surface area contributed by atoms with Crippen LogP contribution in [0.4, 0.5) is 5.69 Å². The maximum atomic E-state index is 15.2. The Labute approximate surface area is 277 Å². The highest BCUT2D eigenvalue weighted by molar-refractivity contribution is 6.25. The summed E-state index contributed by atoms with van der Waals surface area (Å²) >= 11 is 0. The number of imide groups is 1. The van der Waals surface area contributed by atoms with E-state index in [1.807, 2.05) is 48.5 Å². The molecule has 1 fully saturated rings. The summed E-state index contributed by atoms with van der Waals surface area (Å²) < 4.78 is 9.89. The number of carbonyl (C=O) groups is 6. The van der Waals surface area contributed by atoms with E-state index in [1.54, 1.807) is 66.7 Å². The van der Waals surface area contributed by atoms with Gasteiger partial charge in [-0.05, 0) is 69.8 Å². The van der Waals surface area contributed by atoms with Crippen molar-refractivity contribution < 1.29 is 38.2 Å². The van der Waals surface area contributed by atoms with Gasteiger partial charge in [0.25, 0.3) is 0 Å². The minimum Gasteiger partial charge on any atom is -0.386 e. The number of hydrogen-bond acceptors (Lipinski definition) is 8. The number of benzene rings is 5. The van der Waals surface area contributed by atoms with Crippen LogP contribution in [-0.4, -0.2) is 35.7 Å². The number of esters is 4. The third kappa shape index (κ3) is 3.06. The first-order valence-electron chi connectivity index (χ1n) is 15.7. The van der Waals surface area contributed by atoms with Gasteiger partial charge in [-0.1, -0.05) is 78.9 Å². The van der Waals surface area contributed by atoms with Crippen molar-refractivity contribution in [1.82, 2.24) is 0 Å². The first-order valence-corrected chi connectivity index (χ1v) is 15.7. The maximum Gasteiger partial charge on any atom is 0.346 e. The Balaban J connectivity index is 1.37. The molecule has 49 heavy (non-hydrogen) atoms. The molecule has 1 saturated heterocycles. The predicted molar refractivity (Wildman–Crippen MR) is 171 cm³/mol. The van der Waals surface area contributed by atoms with Gasteiger partial charge in [0.2, 0.25) is 11.8 Å². The molecule has 0 saturated carbocycles. The molecule has 234 valence electrons. The zero-order chi connectivity index (χ0) is 33.4. The zero-order valence-corrected chi connectivity index (χ0v) is 25.3. The average molecular weight is 644 g/mol. The van der Waals surface area contributed by atoms with Crippen molar-refractivity contribution in [2.45, 2.75) is 10.8 Å². The van der Waals surface area contributed by atoms with Crippen molar-refractivity contribution in [1.29, 1.82) is 0 Å². The Bertz CT molecular complexity index is 2250. The van der Waals surface area contributed by atoms with E-state index >= 15 is 9.59 Å². The fourth-order valence-corrected chi connectivity index (χ4v) is 9.32. The van der Waals surface area contributed by atoms with Crippen LogP contribution in [0.15, 0.2) is 115 Å². The number of hydrogen-bond donors (Lipinski definition) is 0. The number of ether oxygens (including phenoxy) is 2. The lowest BCUT2D eigenvalue weighted by Gasteiger charge is -2.60. The van der Waals surface area contributed by atoms with Crippen LogP contribution in [-0.2, 0) is 29.9 Å². The lowest BCUT2D eigenvalue weighted by molar-refractivity contribution is -0.124. The van der Waals surface area contributed by atoms with Crippen LogP contribution in [0.3, 0.4) is 0 Å². The van der Waals surface area contributed by atoms with Gasteiger partial charge in [0.15, 0.2) is 0 Å². The molecule has 3 aliphatic carbocycles. The van der Waals surface area contributed by atoms with Crippen molar-refractivity contribution >= 4 is 41.4 Å². The number of amides is 2. The Morgan fingerprint density at radius 1 is 0.429 bits per heavy atom. The van der Waals surface area contributed by atoms with E-state index in [2.05, 4.69) is 0 Å². The Hall–Kier alpha value is -6.48. The third-order valence-corrected chi connectivity index (χ3v) is 11.0. The lowest BCUT2D eigenvalue weighted by atomic mass is 9.39. The molecule has 11 rings (SSSR count). The molecule has 5 aromatic rings. The fourth-order valence-electron chi connectivity index (χ4n) is 9.32. The van der Waals surface area contributed by atoms with Crippen LogP contribution >= 0.6 is 0 Å². The van der Waals surface area contributed by atoms with Gasteiger partial charge >= 0.3 is 23.9 Å². The number of rotatable bonds is 3. The van der Waals surface area contributed by atoms with Crippen LogP contribution in [0.1, 0.15) is 74.8 Å². The van der Waals surface area contributed by atoms with Gasteiger partial charge in [-0.25, -0.2) is 24.1 Å². The molecule has 9 nitrogen and oxygen atoms in total. The molecule has 2 bridgehead atoms. The summed E-state index contributed by atoms with van der Waals surface area (Å²) in [6.45, 7) is 0. The molecular formula is C40H21NO8. The SMILES string of the molecule is O=C1OC(=O)c2cc(C34c5ccccc5C(c5ccc6c(c5)C(=O)OC6=O)(c5ccccc53)C3C(=O)N(c5ccccc5)C(=O)C34)ccc21. The van der Waals surface area contributed by atoms with E-state index in [0.29, 0.717) is 16.8 Å². The van der Waals surface area contributed by atoms with E-state index in [-0.39, 0.29) is 22.3 Å². The second-order valence-electron chi connectivity index (χ2n) is 12.9. The second-order valence-corrected chi connectivity index (χ2v) is 12.9. The van der Waals surface area contributed by atoms with Crippen molar-refractivity contribution in [3.63, 3.8) is 0 Å². The largest absolute Gasteiger partial charge is 0.386 e. The number of para-hydroxylation sites is 1. The monoisotopic (exact) mass is 643 g/mol. The molecule has 3 heterocycles. The van der Waals surface area contributed by atoms with Crippen molar-refractivity contribution in [3.8, 4) is 0 Å². The van der Waals surface area contributed by atoms with Gasteiger partial charge in [-0.2, -0.15) is 0 Å². The summed E-state index contributed by atoms with van der Waals surface area (Å²) in [6, 6.07) is 33.7. The molecule has 0 spiro atoms. The van der Waals surface area contributed by atoms with Crippen LogP contribution in [0.2, 0.25) is 0 Å². The van der Waals surface area contributed by atoms with Gasteiger partial charge < -0.3 is 9.47 Å². The first-order chi connectivity index (χ1) is 23.8. The van der Waals surface area contributed by atoms with E-state index in [1.165, 1.54) is 4.90 Å². The predicted octanol–water partition coefficient (Wildman–Crippen LogP) is 5.11. The average Bonchev–Trinajstić information content (AvgIpc) is 3.70. The van der Waals surface area contributed by atoms with E-state index < -0.39 is 58.4 Å². The summed E-state index contributed by atoms with van der Waals surface area (Å²) in [5, 5.41) is 0. The summed E-state index contributed by atoms with van der Waals surface area (Å²) in [7, 11) is 0. The van der Waals surface area contributed by atoms with Crippen molar-refractivity contribution in [2.75, 3.05) is 4.90 Å². The second kappa shape index (κ2) is 9.11. The minimum absolute atomic E-state index is 0.0873. The Kier molecular flexibility index (Phi) is 5.13. The molecule has 5 aromatic carbocycles. The molecule has 0 radical (unpaired) electrons. The van der Waals surface area contributed by atoms with Crippen LogP contribution < -0.4 is 4.90 Å². The third-order valence-electron chi connectivity index (χ3n) is 11.0. The molecule has 2 atom stereocenters. The highest BCUT2D eigenvalue weighted by Crippen LogP contribution is 2.70. The quantitative estimate of drug-likeness (QED) is 0.151. The number of cyclic esters (lactones) is 4. The number of anilines is 1. The summed E-state index contributed by atoms with van der Waals surface area (Å²) in [5.41, 5.74) is 2.33. The summed E-state index contributed by atoms with van der Waals surface area (Å²) in [4.78, 5) is 82.5. The van der Waals surface area contributed by atoms with Gasteiger partial charge in [0.05, 0.1) is 50.6 Å². The van der Waals surface area contributed by atoms with E-state index in [9.17, 15) is 19.2 Å². The Morgan fingerprint density at radius 3 is 1.20 bits per heavy atom. The molecule has 0 N–H and O–H groups in total.